The fourth-order valence-electron chi connectivity index (χ4n) is 6.01. The predicted octanol–water partition coefficient (Wildman–Crippen LogP) is 2.45. The Morgan fingerprint density at radius 2 is 2.02 bits per heavy atom. The molecule has 11 nitrogen and oxygen atoms in total. The second kappa shape index (κ2) is 10.5. The van der Waals surface area contributed by atoms with Crippen molar-refractivity contribution in [2.24, 2.45) is 5.92 Å². The lowest BCUT2D eigenvalue weighted by Crippen LogP contribution is -2.42. The first kappa shape index (κ1) is 26.8. The van der Waals surface area contributed by atoms with E-state index in [0.717, 1.165) is 30.8 Å². The minimum atomic E-state index is -1.66. The van der Waals surface area contributed by atoms with Crippen LogP contribution in [0.2, 0.25) is 0 Å². The van der Waals surface area contributed by atoms with Crippen molar-refractivity contribution in [3.05, 3.63) is 70.8 Å². The van der Waals surface area contributed by atoms with Crippen LogP contribution in [0.25, 0.3) is 6.08 Å². The molecule has 3 unspecified atom stereocenters. The Morgan fingerprint density at radius 3 is 2.76 bits per heavy atom. The molecule has 1 aromatic heterocycles. The number of benzene rings is 1. The SMILES string of the molecule is COc1ccc2c(c1)C(=O)N(C=CC1(c3cc4c(o3)C(C)C(C(=O)NCCN3CCCC3)C=C4)NC(=O)NC1=O)C2. The van der Waals surface area contributed by atoms with Crippen molar-refractivity contribution in [1.29, 1.82) is 0 Å². The first-order valence-corrected chi connectivity index (χ1v) is 13.9. The highest BCUT2D eigenvalue weighted by atomic mass is 16.5. The fourth-order valence-corrected chi connectivity index (χ4v) is 6.01. The van der Waals surface area contributed by atoms with E-state index in [9.17, 15) is 19.2 Å². The first-order chi connectivity index (χ1) is 19.8. The van der Waals surface area contributed by atoms with Gasteiger partial charge in [-0.3, -0.25) is 19.7 Å². The number of hydrogen-bond acceptors (Lipinski definition) is 7. The van der Waals surface area contributed by atoms with Crippen LogP contribution in [0.1, 0.15) is 58.7 Å². The third-order valence-electron chi connectivity index (χ3n) is 8.39. The van der Waals surface area contributed by atoms with Crippen LogP contribution in [-0.2, 0) is 21.7 Å². The van der Waals surface area contributed by atoms with Crippen LogP contribution in [0.3, 0.4) is 0 Å². The van der Waals surface area contributed by atoms with E-state index in [1.54, 1.807) is 18.2 Å². The maximum atomic E-state index is 13.2. The van der Waals surface area contributed by atoms with Gasteiger partial charge in [-0.2, -0.15) is 0 Å². The van der Waals surface area contributed by atoms with Gasteiger partial charge in [-0.15, -0.1) is 0 Å². The number of nitrogens with one attached hydrogen (secondary N) is 3. The lowest BCUT2D eigenvalue weighted by Gasteiger charge is -2.24. The molecule has 3 N–H and O–H groups in total. The van der Waals surface area contributed by atoms with Gasteiger partial charge in [0.15, 0.2) is 5.54 Å². The minimum absolute atomic E-state index is 0.0817. The number of methoxy groups -OCH3 is 1. The lowest BCUT2D eigenvalue weighted by molar-refractivity contribution is -0.125. The van der Waals surface area contributed by atoms with E-state index in [0.29, 0.717) is 30.2 Å². The number of hydrogen-bond donors (Lipinski definition) is 3. The Balaban J connectivity index is 1.22. The standard InChI is InChI=1S/C30H33N5O6/c1-18-22(26(36)31-10-14-34-11-3-4-12-34)8-6-19-15-24(41-25(18)19)30(28(38)32-29(39)33-30)9-13-35-17-20-5-7-21(40-2)16-23(20)27(35)37/h5-9,13,15-16,18,22H,3-4,10-12,14,17H2,1-2H3,(H,31,36)(H2,32,33,38,39). The van der Waals surface area contributed by atoms with E-state index < -0.39 is 23.4 Å². The molecule has 3 atom stereocenters. The largest absolute Gasteiger partial charge is 0.497 e. The first-order valence-electron chi connectivity index (χ1n) is 13.9. The molecule has 2 aromatic rings. The summed E-state index contributed by atoms with van der Waals surface area (Å²) < 4.78 is 11.5. The Hall–Kier alpha value is -4.38. The molecule has 41 heavy (non-hydrogen) atoms. The van der Waals surface area contributed by atoms with Crippen molar-refractivity contribution < 1.29 is 28.3 Å². The van der Waals surface area contributed by atoms with Crippen LogP contribution in [-0.4, -0.2) is 66.8 Å². The molecule has 2 saturated heterocycles. The molecule has 0 radical (unpaired) electrons. The van der Waals surface area contributed by atoms with Crippen molar-refractivity contribution in [3.8, 4) is 5.75 Å². The zero-order chi connectivity index (χ0) is 28.7. The molecule has 0 saturated carbocycles. The van der Waals surface area contributed by atoms with Crippen LogP contribution in [0.4, 0.5) is 4.79 Å². The summed E-state index contributed by atoms with van der Waals surface area (Å²) in [5, 5.41) is 8.00. The molecule has 1 aliphatic carbocycles. The highest BCUT2D eigenvalue weighted by Crippen LogP contribution is 2.40. The molecule has 6 rings (SSSR count). The number of fused-ring (bicyclic) bond motifs is 2. The van der Waals surface area contributed by atoms with Crippen LogP contribution in [0.15, 0.2) is 47.0 Å². The molecule has 4 aliphatic rings. The molecule has 1 aromatic carbocycles. The summed E-state index contributed by atoms with van der Waals surface area (Å²) in [6, 6.07) is 6.32. The van der Waals surface area contributed by atoms with Crippen LogP contribution < -0.4 is 20.7 Å². The topological polar surface area (TPSA) is 133 Å². The van der Waals surface area contributed by atoms with Gasteiger partial charge in [0.1, 0.15) is 17.3 Å². The van der Waals surface area contributed by atoms with Gasteiger partial charge in [-0.25, -0.2) is 4.79 Å². The summed E-state index contributed by atoms with van der Waals surface area (Å²) in [4.78, 5) is 55.4. The second-order valence-corrected chi connectivity index (χ2v) is 10.9. The van der Waals surface area contributed by atoms with Crippen molar-refractivity contribution >= 4 is 29.8 Å². The second-order valence-electron chi connectivity index (χ2n) is 10.9. The Morgan fingerprint density at radius 1 is 1.22 bits per heavy atom. The summed E-state index contributed by atoms with van der Waals surface area (Å²) >= 11 is 0. The Labute approximate surface area is 237 Å². The van der Waals surface area contributed by atoms with Crippen molar-refractivity contribution in [1.82, 2.24) is 25.8 Å². The van der Waals surface area contributed by atoms with E-state index in [1.165, 1.54) is 37.1 Å². The number of amides is 5. The van der Waals surface area contributed by atoms with Gasteiger partial charge in [0, 0.05) is 36.3 Å². The van der Waals surface area contributed by atoms with Gasteiger partial charge >= 0.3 is 6.03 Å². The highest BCUT2D eigenvalue weighted by Gasteiger charge is 2.50. The Bertz CT molecular complexity index is 1470. The van der Waals surface area contributed by atoms with Gasteiger partial charge < -0.3 is 29.6 Å². The summed E-state index contributed by atoms with van der Waals surface area (Å²) in [6.45, 7) is 5.77. The number of ether oxygens (including phenoxy) is 1. The van der Waals surface area contributed by atoms with Crippen molar-refractivity contribution in [3.63, 3.8) is 0 Å². The van der Waals surface area contributed by atoms with E-state index in [2.05, 4.69) is 20.9 Å². The third kappa shape index (κ3) is 4.80. The molecular weight excluding hydrogens is 526 g/mol. The average Bonchev–Trinajstić information content (AvgIpc) is 3.75. The van der Waals surface area contributed by atoms with Gasteiger partial charge in [0.05, 0.1) is 19.6 Å². The van der Waals surface area contributed by atoms with E-state index in [1.807, 2.05) is 25.1 Å². The normalized spacial score (nSPS) is 25.4. The van der Waals surface area contributed by atoms with Gasteiger partial charge in [-0.1, -0.05) is 25.1 Å². The van der Waals surface area contributed by atoms with Crippen LogP contribution >= 0.6 is 0 Å². The number of nitrogens with zero attached hydrogens (tertiary/aromatic N) is 2. The molecule has 214 valence electrons. The monoisotopic (exact) mass is 559 g/mol. The molecule has 0 bridgehead atoms. The number of imide groups is 1. The van der Waals surface area contributed by atoms with Crippen LogP contribution in [0.5, 0.6) is 5.75 Å². The zero-order valence-corrected chi connectivity index (χ0v) is 23.1. The fraction of sp³-hybridized carbons (Fsp3) is 0.400. The van der Waals surface area contributed by atoms with E-state index in [4.69, 9.17) is 9.15 Å². The van der Waals surface area contributed by atoms with Crippen molar-refractivity contribution in [2.75, 3.05) is 33.3 Å². The zero-order valence-electron chi connectivity index (χ0n) is 23.1. The number of carbonyl (C=O) groups excluding carboxylic acids is 4. The molecule has 4 heterocycles. The van der Waals surface area contributed by atoms with Gasteiger partial charge in [0.25, 0.3) is 11.8 Å². The molecule has 3 aliphatic heterocycles. The number of likely N-dealkylation sites (tertiary alicyclic amines) is 1. The number of rotatable bonds is 8. The predicted molar refractivity (Wildman–Crippen MR) is 149 cm³/mol. The van der Waals surface area contributed by atoms with Crippen molar-refractivity contribution in [2.45, 2.75) is 37.8 Å². The number of urea groups is 1. The highest BCUT2D eigenvalue weighted by molar-refractivity contribution is 6.08. The summed E-state index contributed by atoms with van der Waals surface area (Å²) in [7, 11) is 1.53. The molecular formula is C30H33N5O6. The summed E-state index contributed by atoms with van der Waals surface area (Å²) in [5.41, 5.74) is 0.404. The van der Waals surface area contributed by atoms with E-state index >= 15 is 0 Å². The van der Waals surface area contributed by atoms with Crippen LogP contribution in [0, 0.1) is 5.92 Å². The summed E-state index contributed by atoms with van der Waals surface area (Å²) in [6.07, 6.45) is 9.03. The molecule has 0 spiro atoms. The maximum Gasteiger partial charge on any atom is 0.322 e. The summed E-state index contributed by atoms with van der Waals surface area (Å²) in [5.74, 6) is -0.351. The molecule has 11 heteroatoms. The number of carbonyl (C=O) groups is 4. The number of furan rings is 1. The van der Waals surface area contributed by atoms with Gasteiger partial charge in [0.2, 0.25) is 5.91 Å². The quantitative estimate of drug-likeness (QED) is 0.423. The van der Waals surface area contributed by atoms with Gasteiger partial charge in [-0.05, 0) is 55.8 Å². The third-order valence-corrected chi connectivity index (χ3v) is 8.39. The minimum Gasteiger partial charge on any atom is -0.497 e. The average molecular weight is 560 g/mol. The maximum absolute atomic E-state index is 13.2. The Kier molecular flexibility index (Phi) is 6.90. The molecule has 2 fully saturated rings. The molecule has 5 amide bonds. The smallest absolute Gasteiger partial charge is 0.322 e. The lowest BCUT2D eigenvalue weighted by atomic mass is 9.84. The van der Waals surface area contributed by atoms with E-state index in [-0.39, 0.29) is 23.5 Å².